The van der Waals surface area contributed by atoms with Crippen molar-refractivity contribution in [2.24, 2.45) is 0 Å². The molecule has 1 aliphatic heterocycles. The van der Waals surface area contributed by atoms with Crippen LogP contribution in [-0.2, 0) is 9.59 Å². The monoisotopic (exact) mass is 364 g/mol. The van der Waals surface area contributed by atoms with Gasteiger partial charge in [-0.2, -0.15) is 0 Å². The van der Waals surface area contributed by atoms with E-state index in [2.05, 4.69) is 5.32 Å². The Labute approximate surface area is 157 Å². The lowest BCUT2D eigenvalue weighted by Crippen LogP contribution is -2.54. The van der Waals surface area contributed by atoms with Gasteiger partial charge in [-0.1, -0.05) is 6.07 Å². The standard InChI is InChI=1S/C21H20N2O4/c1-11-5-12(2)7-16(6-11)23-20(26)17(19(25)22-21(23)27)10-15-8-13(3)18(24)14(4)9-15/h5-10,24H,1-4H3,(H,22,25,27)/b17-10+. The van der Waals surface area contributed by atoms with E-state index in [1.54, 1.807) is 38.1 Å². The molecule has 27 heavy (non-hydrogen) atoms. The molecule has 2 N–H and O–H groups in total. The Balaban J connectivity index is 2.07. The molecule has 1 aliphatic rings. The number of aromatic hydroxyl groups is 1. The van der Waals surface area contributed by atoms with Gasteiger partial charge >= 0.3 is 6.03 Å². The molecule has 6 heteroatoms. The fraction of sp³-hybridized carbons (Fsp3) is 0.190. The van der Waals surface area contributed by atoms with Gasteiger partial charge in [-0.3, -0.25) is 14.9 Å². The fourth-order valence-corrected chi connectivity index (χ4v) is 3.21. The lowest BCUT2D eigenvalue weighted by atomic mass is 10.0. The van der Waals surface area contributed by atoms with Crippen LogP contribution in [0.4, 0.5) is 10.5 Å². The van der Waals surface area contributed by atoms with Gasteiger partial charge in [-0.15, -0.1) is 0 Å². The van der Waals surface area contributed by atoms with Crippen LogP contribution in [-0.4, -0.2) is 23.0 Å². The van der Waals surface area contributed by atoms with Crippen LogP contribution in [0.15, 0.2) is 35.9 Å². The highest BCUT2D eigenvalue weighted by molar-refractivity contribution is 6.39. The van der Waals surface area contributed by atoms with Gasteiger partial charge in [0.2, 0.25) is 0 Å². The predicted octanol–water partition coefficient (Wildman–Crippen LogP) is 3.29. The summed E-state index contributed by atoms with van der Waals surface area (Å²) in [5, 5.41) is 12.1. The van der Waals surface area contributed by atoms with E-state index >= 15 is 0 Å². The number of phenols is 1. The summed E-state index contributed by atoms with van der Waals surface area (Å²) in [5.74, 6) is -1.25. The number of carbonyl (C=O) groups excluding carboxylic acids is 3. The molecule has 2 aromatic rings. The number of phenolic OH excluding ortho intramolecular Hbond substituents is 1. The number of hydrogen-bond donors (Lipinski definition) is 2. The van der Waals surface area contributed by atoms with E-state index in [4.69, 9.17) is 0 Å². The highest BCUT2D eigenvalue weighted by Gasteiger charge is 2.37. The first-order valence-corrected chi connectivity index (χ1v) is 8.47. The van der Waals surface area contributed by atoms with Crippen molar-refractivity contribution in [2.75, 3.05) is 4.90 Å². The molecule has 4 amide bonds. The van der Waals surface area contributed by atoms with Gasteiger partial charge in [-0.25, -0.2) is 9.69 Å². The molecule has 0 radical (unpaired) electrons. The molecule has 0 aromatic heterocycles. The quantitative estimate of drug-likeness (QED) is 0.632. The molecule has 0 spiro atoms. The second-order valence-electron chi connectivity index (χ2n) is 6.81. The highest BCUT2D eigenvalue weighted by atomic mass is 16.3. The molecule has 0 bridgehead atoms. The van der Waals surface area contributed by atoms with Crippen LogP contribution in [0.1, 0.15) is 27.8 Å². The van der Waals surface area contributed by atoms with Crippen LogP contribution in [0.3, 0.4) is 0 Å². The summed E-state index contributed by atoms with van der Waals surface area (Å²) in [6, 6.07) is 7.94. The Morgan fingerprint density at radius 3 is 2.00 bits per heavy atom. The van der Waals surface area contributed by atoms with Crippen LogP contribution in [0, 0.1) is 27.7 Å². The molecule has 1 saturated heterocycles. The molecule has 138 valence electrons. The van der Waals surface area contributed by atoms with Crippen molar-refractivity contribution >= 4 is 29.6 Å². The molecule has 1 heterocycles. The van der Waals surface area contributed by atoms with Crippen LogP contribution < -0.4 is 10.2 Å². The number of hydrogen-bond acceptors (Lipinski definition) is 4. The van der Waals surface area contributed by atoms with Crippen molar-refractivity contribution in [3.8, 4) is 5.75 Å². The van der Waals surface area contributed by atoms with Crippen molar-refractivity contribution in [1.29, 1.82) is 0 Å². The molecule has 0 aliphatic carbocycles. The normalized spacial score (nSPS) is 16.1. The van der Waals surface area contributed by atoms with Gasteiger partial charge in [0.15, 0.2) is 0 Å². The third-order valence-electron chi connectivity index (χ3n) is 4.39. The zero-order valence-electron chi connectivity index (χ0n) is 15.6. The summed E-state index contributed by atoms with van der Waals surface area (Å²) in [7, 11) is 0. The summed E-state index contributed by atoms with van der Waals surface area (Å²) in [6.45, 7) is 7.20. The highest BCUT2D eigenvalue weighted by Crippen LogP contribution is 2.27. The Hall–Kier alpha value is -3.41. The summed E-state index contributed by atoms with van der Waals surface area (Å²) in [4.78, 5) is 38.5. The second-order valence-corrected chi connectivity index (χ2v) is 6.81. The van der Waals surface area contributed by atoms with Crippen LogP contribution >= 0.6 is 0 Å². The maximum atomic E-state index is 12.9. The fourth-order valence-electron chi connectivity index (χ4n) is 3.21. The third kappa shape index (κ3) is 3.46. The number of carbonyl (C=O) groups is 3. The Bertz CT molecular complexity index is 978. The first-order valence-electron chi connectivity index (χ1n) is 8.47. The van der Waals surface area contributed by atoms with E-state index in [0.29, 0.717) is 22.4 Å². The number of urea groups is 1. The van der Waals surface area contributed by atoms with Gasteiger partial charge in [0.05, 0.1) is 5.69 Å². The molecule has 1 fully saturated rings. The van der Waals surface area contributed by atoms with E-state index < -0.39 is 17.8 Å². The average molecular weight is 364 g/mol. The number of rotatable bonds is 2. The molecule has 0 saturated carbocycles. The summed E-state index contributed by atoms with van der Waals surface area (Å²) >= 11 is 0. The minimum absolute atomic E-state index is 0.141. The van der Waals surface area contributed by atoms with Gasteiger partial charge in [0.25, 0.3) is 11.8 Å². The summed E-state index contributed by atoms with van der Waals surface area (Å²) in [5.41, 5.74) is 3.93. The van der Waals surface area contributed by atoms with Crippen LogP contribution in [0.5, 0.6) is 5.75 Å². The number of nitrogens with one attached hydrogen (secondary N) is 1. The maximum absolute atomic E-state index is 12.9. The number of imide groups is 2. The average Bonchev–Trinajstić information content (AvgIpc) is 2.55. The van der Waals surface area contributed by atoms with Gasteiger partial charge in [0, 0.05) is 0 Å². The Morgan fingerprint density at radius 1 is 0.889 bits per heavy atom. The molecule has 0 atom stereocenters. The summed E-state index contributed by atoms with van der Waals surface area (Å²) in [6.07, 6.45) is 1.43. The smallest absolute Gasteiger partial charge is 0.335 e. The molecular formula is C21H20N2O4. The zero-order chi connectivity index (χ0) is 19.9. The predicted molar refractivity (Wildman–Crippen MR) is 102 cm³/mol. The van der Waals surface area contributed by atoms with Gasteiger partial charge in [0.1, 0.15) is 11.3 Å². The molecule has 2 aromatic carbocycles. The first kappa shape index (κ1) is 18.4. The van der Waals surface area contributed by atoms with Crippen molar-refractivity contribution < 1.29 is 19.5 Å². The first-order chi connectivity index (χ1) is 12.7. The van der Waals surface area contributed by atoms with Crippen molar-refractivity contribution in [3.05, 3.63) is 63.7 Å². The SMILES string of the molecule is Cc1cc(C)cc(N2C(=O)NC(=O)/C(=C\c3cc(C)c(O)c(C)c3)C2=O)c1. The van der Waals surface area contributed by atoms with Crippen molar-refractivity contribution in [1.82, 2.24) is 5.32 Å². The van der Waals surface area contributed by atoms with E-state index in [-0.39, 0.29) is 11.3 Å². The lowest BCUT2D eigenvalue weighted by molar-refractivity contribution is -0.122. The molecule has 3 rings (SSSR count). The van der Waals surface area contributed by atoms with Crippen LogP contribution in [0.2, 0.25) is 0 Å². The number of barbiturate groups is 1. The van der Waals surface area contributed by atoms with Crippen molar-refractivity contribution in [2.45, 2.75) is 27.7 Å². The molecule has 0 unspecified atom stereocenters. The van der Waals surface area contributed by atoms with E-state index in [1.165, 1.54) is 6.08 Å². The summed E-state index contributed by atoms with van der Waals surface area (Å²) < 4.78 is 0. The topological polar surface area (TPSA) is 86.7 Å². The molecular weight excluding hydrogens is 344 g/mol. The number of amides is 4. The minimum Gasteiger partial charge on any atom is -0.507 e. The van der Waals surface area contributed by atoms with E-state index in [9.17, 15) is 19.5 Å². The number of anilines is 1. The number of nitrogens with zero attached hydrogens (tertiary/aromatic N) is 1. The number of aryl methyl sites for hydroxylation is 4. The van der Waals surface area contributed by atoms with Gasteiger partial charge < -0.3 is 5.11 Å². The lowest BCUT2D eigenvalue weighted by Gasteiger charge is -2.27. The third-order valence-corrected chi connectivity index (χ3v) is 4.39. The van der Waals surface area contributed by atoms with Gasteiger partial charge in [-0.05, 0) is 85.9 Å². The zero-order valence-corrected chi connectivity index (χ0v) is 15.6. The molecule has 6 nitrogen and oxygen atoms in total. The van der Waals surface area contributed by atoms with Crippen molar-refractivity contribution in [3.63, 3.8) is 0 Å². The van der Waals surface area contributed by atoms with E-state index in [1.807, 2.05) is 19.9 Å². The maximum Gasteiger partial charge on any atom is 0.335 e. The van der Waals surface area contributed by atoms with E-state index in [0.717, 1.165) is 16.0 Å². The minimum atomic E-state index is -0.773. The van der Waals surface area contributed by atoms with Crippen LogP contribution in [0.25, 0.3) is 6.08 Å². The largest absolute Gasteiger partial charge is 0.507 e. The number of benzene rings is 2. The second kappa shape index (κ2) is 6.72. The Kier molecular flexibility index (Phi) is 4.57. The Morgan fingerprint density at radius 2 is 1.44 bits per heavy atom.